The lowest BCUT2D eigenvalue weighted by Crippen LogP contribution is -2.20. The van der Waals surface area contributed by atoms with E-state index in [0.717, 1.165) is 6.07 Å². The molecule has 0 aliphatic rings. The number of nitro benzene ring substituents is 1. The Labute approximate surface area is 228 Å². The van der Waals surface area contributed by atoms with Gasteiger partial charge in [0, 0.05) is 23.4 Å². The molecule has 3 aromatic rings. The first-order valence-corrected chi connectivity index (χ1v) is 11.8. The lowest BCUT2D eigenvalue weighted by Gasteiger charge is -2.13. The highest BCUT2D eigenvalue weighted by molar-refractivity contribution is 14.1. The number of non-ortho nitro benzene ring substituents is 1. The molecule has 0 radical (unpaired) electrons. The maximum Gasteiger partial charge on any atom is 0.271 e. The predicted octanol–water partition coefficient (Wildman–Crippen LogP) is 5.30. The van der Waals surface area contributed by atoms with Crippen LogP contribution in [0.5, 0.6) is 11.5 Å². The van der Waals surface area contributed by atoms with Gasteiger partial charge < -0.3 is 14.8 Å². The number of benzene rings is 3. The molecule has 0 saturated heterocycles. The Kier molecular flexibility index (Phi) is 9.44. The van der Waals surface area contributed by atoms with Gasteiger partial charge in [0.05, 0.1) is 31.9 Å². The summed E-state index contributed by atoms with van der Waals surface area (Å²) in [6.07, 6.45) is 1.38. The highest BCUT2D eigenvalue weighted by Crippen LogP contribution is 2.33. The third-order valence-corrected chi connectivity index (χ3v) is 6.04. The zero-order valence-electron chi connectivity index (χ0n) is 18.5. The first kappa shape index (κ1) is 27.2. The van der Waals surface area contributed by atoms with Crippen LogP contribution < -0.4 is 20.2 Å². The van der Waals surface area contributed by atoms with Crippen molar-refractivity contribution in [2.45, 2.75) is 0 Å². The molecular formula is C23H17Cl2IN4O6. The molecule has 0 heterocycles. The molecule has 10 nitrogen and oxygen atoms in total. The molecule has 0 aromatic heterocycles. The second-order valence-electron chi connectivity index (χ2n) is 7.01. The van der Waals surface area contributed by atoms with Gasteiger partial charge in [-0.2, -0.15) is 5.10 Å². The first-order valence-electron chi connectivity index (χ1n) is 10.0. The van der Waals surface area contributed by atoms with Crippen molar-refractivity contribution in [3.8, 4) is 11.5 Å². The molecule has 0 fully saturated rings. The summed E-state index contributed by atoms with van der Waals surface area (Å²) in [5.41, 5.74) is 3.25. The Morgan fingerprint density at radius 3 is 2.61 bits per heavy atom. The highest BCUT2D eigenvalue weighted by Gasteiger charge is 2.14. The summed E-state index contributed by atoms with van der Waals surface area (Å²) in [5, 5.41) is 18.1. The molecule has 36 heavy (non-hydrogen) atoms. The van der Waals surface area contributed by atoms with E-state index in [4.69, 9.17) is 32.7 Å². The molecule has 0 atom stereocenters. The number of halogens is 3. The van der Waals surface area contributed by atoms with Gasteiger partial charge in [-0.15, -0.1) is 0 Å². The number of carbonyl (C=O) groups excluding carboxylic acids is 2. The van der Waals surface area contributed by atoms with E-state index in [9.17, 15) is 19.7 Å². The molecule has 186 valence electrons. The van der Waals surface area contributed by atoms with Crippen LogP contribution >= 0.6 is 45.8 Å². The second-order valence-corrected chi connectivity index (χ2v) is 8.98. The Balaban J connectivity index is 1.64. The number of hydrogen-bond donors (Lipinski definition) is 2. The third kappa shape index (κ3) is 7.29. The van der Waals surface area contributed by atoms with Crippen molar-refractivity contribution in [3.05, 3.63) is 89.5 Å². The number of hydrogen-bond acceptors (Lipinski definition) is 7. The fourth-order valence-corrected chi connectivity index (χ4v) is 3.93. The molecule has 0 bridgehead atoms. The van der Waals surface area contributed by atoms with Crippen molar-refractivity contribution in [1.29, 1.82) is 0 Å². The Morgan fingerprint density at radius 2 is 1.92 bits per heavy atom. The van der Waals surface area contributed by atoms with Crippen LogP contribution in [0.15, 0.2) is 59.7 Å². The van der Waals surface area contributed by atoms with Crippen LogP contribution in [0.25, 0.3) is 0 Å². The van der Waals surface area contributed by atoms with Crippen LogP contribution in [-0.4, -0.2) is 36.7 Å². The number of nitrogens with zero attached hydrogens (tertiary/aromatic N) is 2. The van der Waals surface area contributed by atoms with Gasteiger partial charge in [-0.3, -0.25) is 19.7 Å². The topological polar surface area (TPSA) is 132 Å². The van der Waals surface area contributed by atoms with Crippen molar-refractivity contribution in [3.63, 3.8) is 0 Å². The molecule has 0 aliphatic heterocycles. The van der Waals surface area contributed by atoms with E-state index in [2.05, 4.69) is 15.8 Å². The van der Waals surface area contributed by atoms with Gasteiger partial charge >= 0.3 is 0 Å². The molecule has 0 spiro atoms. The predicted molar refractivity (Wildman–Crippen MR) is 144 cm³/mol. The van der Waals surface area contributed by atoms with Crippen LogP contribution in [0.3, 0.4) is 0 Å². The first-order chi connectivity index (χ1) is 17.2. The monoisotopic (exact) mass is 642 g/mol. The Morgan fingerprint density at radius 1 is 1.14 bits per heavy atom. The maximum absolute atomic E-state index is 12.3. The summed E-state index contributed by atoms with van der Waals surface area (Å²) in [6, 6.07) is 13.3. The SMILES string of the molecule is COc1cc(/C=N/NC(=O)c2cccc([N+](=O)[O-])c2)cc(I)c1OCC(=O)Nc1ccc(Cl)c(Cl)c1. The van der Waals surface area contributed by atoms with Crippen LogP contribution in [0.1, 0.15) is 15.9 Å². The standard InChI is InChI=1S/C23H17Cl2IN4O6/c1-35-20-8-13(11-27-29-23(32)14-3-2-4-16(9-14)30(33)34)7-19(26)22(20)36-12-21(31)28-15-5-6-17(24)18(25)10-15/h2-11H,12H2,1H3,(H,28,31)(H,29,32)/b27-11+. The summed E-state index contributed by atoms with van der Waals surface area (Å²) >= 11 is 13.9. The van der Waals surface area contributed by atoms with Gasteiger partial charge in [0.2, 0.25) is 0 Å². The smallest absolute Gasteiger partial charge is 0.271 e. The van der Waals surface area contributed by atoms with E-state index >= 15 is 0 Å². The molecule has 0 unspecified atom stereocenters. The third-order valence-electron chi connectivity index (χ3n) is 4.50. The largest absolute Gasteiger partial charge is 0.493 e. The number of anilines is 1. The average Bonchev–Trinajstić information content (AvgIpc) is 2.85. The van der Waals surface area contributed by atoms with Crippen molar-refractivity contribution in [2.75, 3.05) is 19.0 Å². The molecule has 3 aromatic carbocycles. The highest BCUT2D eigenvalue weighted by atomic mass is 127. The number of amides is 2. The fourth-order valence-electron chi connectivity index (χ4n) is 2.85. The van der Waals surface area contributed by atoms with Gasteiger partial charge in [0.15, 0.2) is 18.1 Å². The minimum atomic E-state index is -0.607. The zero-order chi connectivity index (χ0) is 26.2. The minimum absolute atomic E-state index is 0.0939. The zero-order valence-corrected chi connectivity index (χ0v) is 22.1. The van der Waals surface area contributed by atoms with Gasteiger partial charge in [-0.1, -0.05) is 29.3 Å². The Bertz CT molecular complexity index is 1350. The van der Waals surface area contributed by atoms with Crippen LogP contribution in [0.2, 0.25) is 10.0 Å². The number of ether oxygens (including phenoxy) is 2. The fraction of sp³-hybridized carbons (Fsp3) is 0.0870. The number of carbonyl (C=O) groups is 2. The minimum Gasteiger partial charge on any atom is -0.493 e. The summed E-state index contributed by atoms with van der Waals surface area (Å²) in [5.74, 6) is -0.332. The van der Waals surface area contributed by atoms with E-state index in [-0.39, 0.29) is 17.9 Å². The lowest BCUT2D eigenvalue weighted by atomic mass is 10.2. The van der Waals surface area contributed by atoms with Gasteiger partial charge in [-0.05, 0) is 64.6 Å². The number of rotatable bonds is 9. The molecule has 13 heteroatoms. The number of nitrogens with one attached hydrogen (secondary N) is 2. The summed E-state index contributed by atoms with van der Waals surface area (Å²) in [7, 11) is 1.44. The van der Waals surface area contributed by atoms with E-state index < -0.39 is 16.7 Å². The Hall–Kier alpha value is -3.42. The number of hydrazone groups is 1. The number of methoxy groups -OCH3 is 1. The molecule has 2 amide bonds. The van der Waals surface area contributed by atoms with Crippen molar-refractivity contribution >= 4 is 75.2 Å². The summed E-state index contributed by atoms with van der Waals surface area (Å²) in [6.45, 7) is -0.292. The number of nitro groups is 1. The van der Waals surface area contributed by atoms with Crippen molar-refractivity contribution < 1.29 is 24.0 Å². The molecule has 3 rings (SSSR count). The van der Waals surface area contributed by atoms with Crippen molar-refractivity contribution in [2.24, 2.45) is 5.10 Å². The second kappa shape index (κ2) is 12.5. The quantitative estimate of drug-likeness (QED) is 0.141. The normalized spacial score (nSPS) is 10.7. The van der Waals surface area contributed by atoms with Crippen molar-refractivity contribution in [1.82, 2.24) is 5.43 Å². The molecule has 0 aliphatic carbocycles. The van der Waals surface area contributed by atoms with E-state index in [1.54, 1.807) is 24.3 Å². The molecular weight excluding hydrogens is 626 g/mol. The summed E-state index contributed by atoms with van der Waals surface area (Å²) in [4.78, 5) is 34.8. The van der Waals surface area contributed by atoms with Crippen LogP contribution in [0.4, 0.5) is 11.4 Å². The lowest BCUT2D eigenvalue weighted by molar-refractivity contribution is -0.384. The van der Waals surface area contributed by atoms with E-state index in [0.29, 0.717) is 36.4 Å². The van der Waals surface area contributed by atoms with E-state index in [1.807, 2.05) is 22.6 Å². The summed E-state index contributed by atoms with van der Waals surface area (Å²) < 4.78 is 11.7. The van der Waals surface area contributed by atoms with Crippen LogP contribution in [-0.2, 0) is 4.79 Å². The van der Waals surface area contributed by atoms with Crippen LogP contribution in [0, 0.1) is 13.7 Å². The molecule has 0 saturated carbocycles. The van der Waals surface area contributed by atoms with Gasteiger partial charge in [-0.25, -0.2) is 5.43 Å². The maximum atomic E-state index is 12.3. The van der Waals surface area contributed by atoms with Gasteiger partial charge in [0.25, 0.3) is 17.5 Å². The molecule has 2 N–H and O–H groups in total. The van der Waals surface area contributed by atoms with E-state index in [1.165, 1.54) is 37.6 Å². The van der Waals surface area contributed by atoms with Gasteiger partial charge in [0.1, 0.15) is 0 Å². The average molecular weight is 643 g/mol.